The van der Waals surface area contributed by atoms with Gasteiger partial charge < -0.3 is 19.1 Å². The van der Waals surface area contributed by atoms with E-state index in [1.807, 2.05) is 0 Å². The molecular formula is C43H41NO3. The second kappa shape index (κ2) is 10.1. The first-order valence-corrected chi connectivity index (χ1v) is 17.1. The van der Waals surface area contributed by atoms with E-state index in [1.54, 1.807) is 0 Å². The summed E-state index contributed by atoms with van der Waals surface area (Å²) in [5.41, 5.74) is 8.74. The zero-order chi connectivity index (χ0) is 32.0. The van der Waals surface area contributed by atoms with Gasteiger partial charge in [0, 0.05) is 46.3 Å². The van der Waals surface area contributed by atoms with Gasteiger partial charge in [-0.05, 0) is 82.7 Å². The molecule has 5 aromatic rings. The molecule has 4 heteroatoms. The van der Waals surface area contributed by atoms with E-state index in [0.29, 0.717) is 0 Å². The van der Waals surface area contributed by atoms with Crippen molar-refractivity contribution in [1.29, 1.82) is 0 Å². The van der Waals surface area contributed by atoms with Crippen LogP contribution >= 0.6 is 0 Å². The van der Waals surface area contributed by atoms with Gasteiger partial charge in [0.05, 0.1) is 0 Å². The highest BCUT2D eigenvalue weighted by Gasteiger charge is 2.49. The number of benzene rings is 5. The molecule has 236 valence electrons. The number of nitrogens with zero attached hydrogens (tertiary/aromatic N) is 1. The number of fused-ring (bicyclic) bond motifs is 9. The molecule has 1 aliphatic carbocycles. The molecule has 0 aromatic heterocycles. The van der Waals surface area contributed by atoms with Gasteiger partial charge >= 0.3 is 0 Å². The molecule has 4 nitrogen and oxygen atoms in total. The number of rotatable bonds is 3. The Kier molecular flexibility index (Phi) is 6.16. The van der Waals surface area contributed by atoms with Crippen LogP contribution in [0.4, 0.5) is 5.69 Å². The number of hydrogen-bond donors (Lipinski definition) is 0. The van der Waals surface area contributed by atoms with Crippen LogP contribution in [0.2, 0.25) is 0 Å². The monoisotopic (exact) mass is 619 g/mol. The second-order valence-corrected chi connectivity index (χ2v) is 14.7. The second-order valence-electron chi connectivity index (χ2n) is 14.7. The lowest BCUT2D eigenvalue weighted by Gasteiger charge is -2.50. The summed E-state index contributed by atoms with van der Waals surface area (Å²) in [6.07, 6.45) is 8.47. The Labute approximate surface area is 277 Å². The average molecular weight is 620 g/mol. The molecule has 0 saturated carbocycles. The number of hydrogen-bond acceptors (Lipinski definition) is 4. The molecule has 1 saturated heterocycles. The summed E-state index contributed by atoms with van der Waals surface area (Å²) >= 11 is 0. The van der Waals surface area contributed by atoms with Crippen LogP contribution in [0.1, 0.15) is 74.8 Å². The van der Waals surface area contributed by atoms with Gasteiger partial charge in [0.15, 0.2) is 17.1 Å². The zero-order valence-corrected chi connectivity index (χ0v) is 27.7. The first-order valence-electron chi connectivity index (χ1n) is 17.1. The molecule has 1 unspecified atom stereocenters. The highest BCUT2D eigenvalue weighted by atomic mass is 16.7. The maximum absolute atomic E-state index is 7.57. The average Bonchev–Trinajstić information content (AvgIpc) is 3.58. The molecule has 5 aromatic carbocycles. The van der Waals surface area contributed by atoms with Crippen molar-refractivity contribution in [3.63, 3.8) is 0 Å². The molecule has 0 amide bonds. The molecular weight excluding hydrogens is 578 g/mol. The van der Waals surface area contributed by atoms with Crippen molar-refractivity contribution in [3.05, 3.63) is 125 Å². The van der Waals surface area contributed by atoms with Crippen LogP contribution in [0.15, 0.2) is 97.1 Å². The predicted molar refractivity (Wildman–Crippen MR) is 191 cm³/mol. The van der Waals surface area contributed by atoms with Crippen LogP contribution in [0.25, 0.3) is 28.0 Å². The van der Waals surface area contributed by atoms with Gasteiger partial charge in [0.2, 0.25) is 6.79 Å². The van der Waals surface area contributed by atoms with Crippen molar-refractivity contribution >= 4 is 22.5 Å². The van der Waals surface area contributed by atoms with E-state index in [9.17, 15) is 0 Å². The van der Waals surface area contributed by atoms with Gasteiger partial charge in [-0.1, -0.05) is 101 Å². The molecule has 0 radical (unpaired) electrons. The van der Waals surface area contributed by atoms with Crippen molar-refractivity contribution in [2.24, 2.45) is 0 Å². The van der Waals surface area contributed by atoms with E-state index in [4.69, 9.17) is 14.2 Å². The maximum Gasteiger partial charge on any atom is 0.231 e. The summed E-state index contributed by atoms with van der Waals surface area (Å²) in [5.74, 6) is 2.44. The standard InChI is InChI=1S/C43H41NO3/c1-41(2)35-16-10-9-15-31(35)38-33-25-36-37(46-27-45-36)26-34(33)40-32(39(38)42(41,3)4)21-22-43(47-40,28-13-7-5-8-14-28)29-17-19-30(20-18-29)44-23-11-6-12-24-44/h5,7-10,13-22,25-26H,6,11-12,23-24,27H2,1-4H3. The highest BCUT2D eigenvalue weighted by Crippen LogP contribution is 2.61. The number of ether oxygens (including phenoxy) is 3. The molecule has 0 spiro atoms. The Morgan fingerprint density at radius 1 is 0.660 bits per heavy atom. The van der Waals surface area contributed by atoms with E-state index in [0.717, 1.165) is 57.8 Å². The normalized spacial score (nSPS) is 21.5. The minimum absolute atomic E-state index is 0.125. The predicted octanol–water partition coefficient (Wildman–Crippen LogP) is 10.1. The Balaban J connectivity index is 1.32. The minimum atomic E-state index is -0.807. The lowest BCUT2D eigenvalue weighted by molar-refractivity contribution is 0.162. The van der Waals surface area contributed by atoms with Gasteiger partial charge in [0.25, 0.3) is 0 Å². The van der Waals surface area contributed by atoms with E-state index in [-0.39, 0.29) is 17.6 Å². The lowest BCUT2D eigenvalue weighted by atomic mass is 9.54. The van der Waals surface area contributed by atoms with E-state index in [2.05, 4.69) is 136 Å². The minimum Gasteiger partial charge on any atom is -0.472 e. The molecule has 1 atom stereocenters. The molecule has 1 fully saturated rings. The Hall–Kier alpha value is -4.70. The molecule has 47 heavy (non-hydrogen) atoms. The smallest absolute Gasteiger partial charge is 0.231 e. The summed E-state index contributed by atoms with van der Waals surface area (Å²) in [4.78, 5) is 2.51. The van der Waals surface area contributed by atoms with Crippen molar-refractivity contribution in [1.82, 2.24) is 0 Å². The summed E-state index contributed by atoms with van der Waals surface area (Å²) < 4.78 is 19.5. The molecule has 4 aliphatic rings. The Bertz CT molecular complexity index is 2070. The van der Waals surface area contributed by atoms with Gasteiger partial charge in [0.1, 0.15) is 5.75 Å². The largest absolute Gasteiger partial charge is 0.472 e. The van der Waals surface area contributed by atoms with Crippen molar-refractivity contribution in [3.8, 4) is 28.4 Å². The molecule has 9 rings (SSSR count). The summed E-state index contributed by atoms with van der Waals surface area (Å²) in [6.45, 7) is 12.0. The molecule has 0 bridgehead atoms. The van der Waals surface area contributed by atoms with Gasteiger partial charge in [-0.15, -0.1) is 0 Å². The van der Waals surface area contributed by atoms with Crippen molar-refractivity contribution in [2.45, 2.75) is 63.4 Å². The quantitative estimate of drug-likeness (QED) is 0.201. The Morgan fingerprint density at radius 2 is 1.32 bits per heavy atom. The van der Waals surface area contributed by atoms with Crippen LogP contribution in [0.5, 0.6) is 17.2 Å². The molecule has 3 aliphatic heterocycles. The molecule has 0 N–H and O–H groups in total. The van der Waals surface area contributed by atoms with Gasteiger partial charge in [-0.25, -0.2) is 0 Å². The van der Waals surface area contributed by atoms with Crippen LogP contribution < -0.4 is 19.1 Å². The highest BCUT2D eigenvalue weighted by molar-refractivity contribution is 6.08. The summed E-state index contributed by atoms with van der Waals surface area (Å²) in [6, 6.07) is 33.0. The summed E-state index contributed by atoms with van der Waals surface area (Å²) in [5, 5.41) is 2.18. The number of piperidine rings is 1. The number of anilines is 1. The Morgan fingerprint density at radius 3 is 2.06 bits per heavy atom. The summed E-state index contributed by atoms with van der Waals surface area (Å²) in [7, 11) is 0. The van der Waals surface area contributed by atoms with Crippen molar-refractivity contribution in [2.75, 3.05) is 24.8 Å². The third kappa shape index (κ3) is 4.00. The van der Waals surface area contributed by atoms with E-state index < -0.39 is 5.60 Å². The van der Waals surface area contributed by atoms with E-state index in [1.165, 1.54) is 47.2 Å². The first-order chi connectivity index (χ1) is 22.8. The fourth-order valence-electron chi connectivity index (χ4n) is 8.59. The van der Waals surface area contributed by atoms with E-state index >= 15 is 0 Å². The van der Waals surface area contributed by atoms with Crippen LogP contribution in [0.3, 0.4) is 0 Å². The zero-order valence-electron chi connectivity index (χ0n) is 27.7. The van der Waals surface area contributed by atoms with Gasteiger partial charge in [-0.2, -0.15) is 0 Å². The van der Waals surface area contributed by atoms with Gasteiger partial charge in [-0.3, -0.25) is 0 Å². The maximum atomic E-state index is 7.57. The lowest BCUT2D eigenvalue weighted by Crippen LogP contribution is -2.44. The topological polar surface area (TPSA) is 30.9 Å². The van der Waals surface area contributed by atoms with Crippen LogP contribution in [-0.2, 0) is 16.4 Å². The third-order valence-corrected chi connectivity index (χ3v) is 11.8. The van der Waals surface area contributed by atoms with Crippen LogP contribution in [-0.4, -0.2) is 19.9 Å². The molecule has 3 heterocycles. The first kappa shape index (κ1) is 28.5. The van der Waals surface area contributed by atoms with Crippen molar-refractivity contribution < 1.29 is 14.2 Å². The third-order valence-electron chi connectivity index (χ3n) is 11.8. The fourth-order valence-corrected chi connectivity index (χ4v) is 8.59. The SMILES string of the molecule is CC1(C)c2ccccc2-c2c(c3c(c4cc5c(cc24)OCO5)OC(c2ccccc2)(c2ccc(N4CCCCC4)cc2)C=C3)C1(C)C. The fraction of sp³-hybridized carbons (Fsp3) is 0.302. The van der Waals surface area contributed by atoms with Crippen LogP contribution in [0, 0.1) is 0 Å².